The zero-order valence-corrected chi connectivity index (χ0v) is 26.0. The SMILES string of the molecule is C=C(C)N1CC[C@H](SC2=C(C(=O)O)N3C(=O)[C@H]([C@@H](C)O)[C@H]3C2)C1.C[C@@H](O)[C@H]1C(=O)N2C(C(=O)O)=C(SCCN=CN)C[C@H]12. The van der Waals surface area contributed by atoms with Crippen LogP contribution in [0.2, 0.25) is 0 Å². The minimum absolute atomic E-state index is 0.0543. The number of carboxylic acids is 2. The summed E-state index contributed by atoms with van der Waals surface area (Å²) in [5.74, 6) is -3.10. The first-order chi connectivity index (χ1) is 20.3. The number of aliphatic hydroxyl groups is 2. The summed E-state index contributed by atoms with van der Waals surface area (Å²) in [5.41, 5.74) is 6.34. The second-order valence-corrected chi connectivity index (χ2v) is 13.8. The maximum atomic E-state index is 12.2. The second kappa shape index (κ2) is 13.3. The molecule has 7 atom stereocenters. The van der Waals surface area contributed by atoms with E-state index in [0.717, 1.165) is 30.1 Å². The Hall–Kier alpha value is -3.01. The predicted molar refractivity (Wildman–Crippen MR) is 163 cm³/mol. The zero-order valence-electron chi connectivity index (χ0n) is 24.4. The Morgan fingerprint density at radius 3 is 1.98 bits per heavy atom. The normalized spacial score (nSPS) is 29.2. The highest BCUT2D eigenvalue weighted by atomic mass is 32.2. The molecule has 0 saturated carbocycles. The first-order valence-corrected chi connectivity index (χ1v) is 16.0. The lowest BCUT2D eigenvalue weighted by Gasteiger charge is -2.44. The zero-order chi connectivity index (χ0) is 31.7. The number of aliphatic hydroxyl groups excluding tert-OH is 2. The molecule has 0 aromatic carbocycles. The number of fused-ring (bicyclic) bond motifs is 2. The van der Waals surface area contributed by atoms with Gasteiger partial charge in [-0.2, -0.15) is 0 Å². The number of hydrogen-bond acceptors (Lipinski definition) is 10. The lowest BCUT2D eigenvalue weighted by atomic mass is 9.83. The Morgan fingerprint density at radius 2 is 1.53 bits per heavy atom. The summed E-state index contributed by atoms with van der Waals surface area (Å²) in [4.78, 5) is 57.2. The maximum Gasteiger partial charge on any atom is 0.353 e. The van der Waals surface area contributed by atoms with E-state index >= 15 is 0 Å². The summed E-state index contributed by atoms with van der Waals surface area (Å²) in [5, 5.41) is 38.4. The van der Waals surface area contributed by atoms with Crippen LogP contribution >= 0.6 is 23.5 Å². The van der Waals surface area contributed by atoms with Gasteiger partial charge in [-0.1, -0.05) is 6.58 Å². The summed E-state index contributed by atoms with van der Waals surface area (Å²) in [6.45, 7) is 11.4. The molecule has 3 fully saturated rings. The number of allylic oxidation sites excluding steroid dienone is 1. The van der Waals surface area contributed by atoms with Gasteiger partial charge in [0.15, 0.2) is 0 Å². The molecule has 0 radical (unpaired) electrons. The first-order valence-electron chi connectivity index (χ1n) is 14.1. The van der Waals surface area contributed by atoms with Crippen LogP contribution in [0.15, 0.2) is 38.5 Å². The molecule has 0 aliphatic carbocycles. The summed E-state index contributed by atoms with van der Waals surface area (Å²) >= 11 is 2.95. The number of nitrogens with zero attached hydrogens (tertiary/aromatic N) is 4. The van der Waals surface area contributed by atoms with Gasteiger partial charge in [-0.15, -0.1) is 23.5 Å². The molecule has 0 unspecified atom stereocenters. The molecule has 2 amide bonds. The number of rotatable bonds is 11. The van der Waals surface area contributed by atoms with Gasteiger partial charge in [-0.25, -0.2) is 9.59 Å². The van der Waals surface area contributed by atoms with E-state index in [4.69, 9.17) is 5.73 Å². The lowest BCUT2D eigenvalue weighted by Crippen LogP contribution is -2.61. The highest BCUT2D eigenvalue weighted by molar-refractivity contribution is 8.03. The average Bonchev–Trinajstić information content (AvgIpc) is 3.60. The Bertz CT molecular complexity index is 1280. The van der Waals surface area contributed by atoms with Gasteiger partial charge in [0.2, 0.25) is 11.8 Å². The van der Waals surface area contributed by atoms with Crippen molar-refractivity contribution in [2.75, 3.05) is 25.4 Å². The van der Waals surface area contributed by atoms with E-state index in [9.17, 15) is 39.6 Å². The number of likely N-dealkylation sites (tertiary alicyclic amines) is 1. The molecular formula is C28H39N5O8S2. The Morgan fingerprint density at radius 1 is 1.02 bits per heavy atom. The molecular weight excluding hydrogens is 598 g/mol. The molecule has 3 saturated heterocycles. The standard InChI is InChI=1S/C16H22N2O4S.C12H17N3O4S/c1-8(2)17-5-4-10(7-17)23-12-6-11-13(9(3)19)15(20)18(11)14(12)16(21)22;1-6(16)9-7-4-8(20-3-2-14-5-13)10(12(18)19)15(7)11(9)17/h9-11,13,19H,1,4-7H2,2-3H3,(H,21,22);5-7,9,16H,2-4H2,1H3,(H2,13,14)(H,18,19)/t9-,10+,11-,13-;6-,7-,9-/m11/s1. The van der Waals surface area contributed by atoms with Crippen LogP contribution in [0, 0.1) is 11.8 Å². The number of β-lactam (4-membered cyclic amide) rings is 2. The summed E-state index contributed by atoms with van der Waals surface area (Å²) in [6, 6.07) is -0.427. The number of amides is 2. The molecule has 5 aliphatic rings. The van der Waals surface area contributed by atoms with Crippen LogP contribution in [0.5, 0.6) is 0 Å². The first kappa shape index (κ1) is 32.9. The van der Waals surface area contributed by atoms with Gasteiger partial charge in [0.05, 0.1) is 49.0 Å². The van der Waals surface area contributed by atoms with Crippen molar-refractivity contribution < 1.29 is 39.6 Å². The summed E-state index contributed by atoms with van der Waals surface area (Å²) < 4.78 is 0. The number of carbonyl (C=O) groups is 4. The van der Waals surface area contributed by atoms with Crippen LogP contribution in [0.4, 0.5) is 0 Å². The van der Waals surface area contributed by atoms with Crippen LogP contribution in [0.25, 0.3) is 0 Å². The molecule has 5 heterocycles. The van der Waals surface area contributed by atoms with Crippen molar-refractivity contribution in [2.45, 2.75) is 69.6 Å². The monoisotopic (exact) mass is 637 g/mol. The van der Waals surface area contributed by atoms with Crippen molar-refractivity contribution in [3.05, 3.63) is 33.5 Å². The van der Waals surface area contributed by atoms with Crippen molar-refractivity contribution in [1.82, 2.24) is 14.7 Å². The van der Waals surface area contributed by atoms with E-state index in [2.05, 4.69) is 16.5 Å². The van der Waals surface area contributed by atoms with Gasteiger partial charge in [-0.05, 0) is 27.2 Å². The Labute approximate surface area is 258 Å². The second-order valence-electron chi connectivity index (χ2n) is 11.3. The number of thioether (sulfide) groups is 2. The third-order valence-electron chi connectivity index (χ3n) is 8.38. The molecule has 15 heteroatoms. The van der Waals surface area contributed by atoms with E-state index in [0.29, 0.717) is 35.3 Å². The molecule has 0 spiro atoms. The molecule has 5 rings (SSSR count). The average molecular weight is 638 g/mol. The molecule has 5 aliphatic heterocycles. The van der Waals surface area contributed by atoms with E-state index in [-0.39, 0.29) is 35.3 Å². The summed E-state index contributed by atoms with van der Waals surface area (Å²) in [7, 11) is 0. The fourth-order valence-corrected chi connectivity index (χ4v) is 8.86. The highest BCUT2D eigenvalue weighted by Gasteiger charge is 2.58. The minimum Gasteiger partial charge on any atom is -0.477 e. The number of carboxylic acid groups (broad SMARTS) is 2. The number of aliphatic imine (C=N–C) groups is 1. The van der Waals surface area contributed by atoms with E-state index in [1.54, 1.807) is 25.6 Å². The number of nitrogens with two attached hydrogens (primary N) is 1. The lowest BCUT2D eigenvalue weighted by molar-refractivity contribution is -0.161. The Balaban J connectivity index is 0.000000199. The Kier molecular flexibility index (Phi) is 10.2. The van der Waals surface area contributed by atoms with Crippen LogP contribution in [0.3, 0.4) is 0 Å². The van der Waals surface area contributed by atoms with Crippen LogP contribution < -0.4 is 5.73 Å². The van der Waals surface area contributed by atoms with Crippen LogP contribution in [-0.4, -0.2) is 120 Å². The smallest absolute Gasteiger partial charge is 0.353 e. The number of aliphatic carboxylic acids is 2. The molecule has 0 bridgehead atoms. The van der Waals surface area contributed by atoms with Gasteiger partial charge < -0.3 is 40.9 Å². The van der Waals surface area contributed by atoms with Gasteiger partial charge in [0.1, 0.15) is 11.4 Å². The van der Waals surface area contributed by atoms with Crippen molar-refractivity contribution in [3.63, 3.8) is 0 Å². The third kappa shape index (κ3) is 6.30. The molecule has 0 aromatic rings. The summed E-state index contributed by atoms with van der Waals surface area (Å²) in [6.07, 6.45) is 1.71. The van der Waals surface area contributed by atoms with E-state index in [1.165, 1.54) is 27.9 Å². The van der Waals surface area contributed by atoms with Gasteiger partial charge in [0.25, 0.3) is 0 Å². The van der Waals surface area contributed by atoms with E-state index < -0.39 is 36.0 Å². The van der Waals surface area contributed by atoms with Gasteiger partial charge in [-0.3, -0.25) is 14.6 Å². The number of hydrogen-bond donors (Lipinski definition) is 5. The van der Waals surface area contributed by atoms with Crippen LogP contribution in [0.1, 0.15) is 40.0 Å². The molecule has 6 N–H and O–H groups in total. The number of carbonyl (C=O) groups excluding carboxylic acids is 2. The topological polar surface area (TPSA) is 197 Å². The third-order valence-corrected chi connectivity index (χ3v) is 10.8. The van der Waals surface area contributed by atoms with Crippen molar-refractivity contribution in [2.24, 2.45) is 22.6 Å². The molecule has 43 heavy (non-hydrogen) atoms. The van der Waals surface area contributed by atoms with Gasteiger partial charge in [0, 0.05) is 52.4 Å². The fraction of sp³-hybridized carbons (Fsp3) is 0.607. The maximum absolute atomic E-state index is 12.2. The molecule has 236 valence electrons. The quantitative estimate of drug-likeness (QED) is 0.0928. The van der Waals surface area contributed by atoms with Crippen LogP contribution in [-0.2, 0) is 19.2 Å². The molecule has 13 nitrogen and oxygen atoms in total. The fourth-order valence-electron chi connectivity index (χ4n) is 6.36. The minimum atomic E-state index is -1.10. The highest BCUT2D eigenvalue weighted by Crippen LogP contribution is 2.49. The molecule has 0 aromatic heterocycles. The van der Waals surface area contributed by atoms with Gasteiger partial charge >= 0.3 is 11.9 Å². The predicted octanol–water partition coefficient (Wildman–Crippen LogP) is 0.850. The van der Waals surface area contributed by atoms with Crippen molar-refractivity contribution in [1.29, 1.82) is 0 Å². The van der Waals surface area contributed by atoms with Crippen molar-refractivity contribution in [3.8, 4) is 0 Å². The van der Waals surface area contributed by atoms with Crippen molar-refractivity contribution >= 4 is 53.6 Å². The van der Waals surface area contributed by atoms with E-state index in [1.807, 2.05) is 6.92 Å². The largest absolute Gasteiger partial charge is 0.477 e.